The standard InChI is InChI=1S/C18H12O2/c19-17-12-7-6-10-5-4-9-2-1-3-11-8-13(18(17)20)16(12)15(10)14(9)11/h1-8,17-20H. The molecule has 0 amide bonds. The zero-order valence-electron chi connectivity index (χ0n) is 10.7. The van der Waals surface area contributed by atoms with Crippen LogP contribution in [0.25, 0.3) is 32.3 Å². The van der Waals surface area contributed by atoms with Gasteiger partial charge in [0, 0.05) is 0 Å². The fourth-order valence-corrected chi connectivity index (χ4v) is 3.73. The molecule has 2 N–H and O–H groups in total. The second-order valence-corrected chi connectivity index (χ2v) is 5.63. The molecule has 0 radical (unpaired) electrons. The predicted molar refractivity (Wildman–Crippen MR) is 80.1 cm³/mol. The Morgan fingerprint density at radius 2 is 1.25 bits per heavy atom. The van der Waals surface area contributed by atoms with Crippen LogP contribution < -0.4 is 0 Å². The molecule has 2 nitrogen and oxygen atoms in total. The monoisotopic (exact) mass is 260 g/mol. The first-order valence-electron chi connectivity index (χ1n) is 6.82. The molecule has 0 saturated heterocycles. The summed E-state index contributed by atoms with van der Waals surface area (Å²) in [5.41, 5.74) is 1.70. The third-order valence-electron chi connectivity index (χ3n) is 4.63. The fraction of sp³-hybridized carbons (Fsp3) is 0.111. The number of aliphatic hydroxyl groups is 2. The number of hydrogen-bond acceptors (Lipinski definition) is 2. The van der Waals surface area contributed by atoms with Gasteiger partial charge in [0.25, 0.3) is 0 Å². The lowest BCUT2D eigenvalue weighted by Gasteiger charge is -2.12. The van der Waals surface area contributed by atoms with Crippen LogP contribution in [0.4, 0.5) is 0 Å². The van der Waals surface area contributed by atoms with Gasteiger partial charge in [-0.25, -0.2) is 0 Å². The minimum atomic E-state index is -0.820. The van der Waals surface area contributed by atoms with E-state index >= 15 is 0 Å². The van der Waals surface area contributed by atoms with Gasteiger partial charge in [0.2, 0.25) is 0 Å². The van der Waals surface area contributed by atoms with Gasteiger partial charge in [-0.05, 0) is 49.5 Å². The van der Waals surface area contributed by atoms with Crippen LogP contribution in [0.1, 0.15) is 23.3 Å². The third-order valence-corrected chi connectivity index (χ3v) is 4.63. The fourth-order valence-electron chi connectivity index (χ4n) is 3.73. The van der Waals surface area contributed by atoms with Gasteiger partial charge in [0.15, 0.2) is 0 Å². The zero-order valence-corrected chi connectivity index (χ0v) is 10.7. The van der Waals surface area contributed by atoms with Crippen LogP contribution in [0, 0.1) is 0 Å². The molecule has 0 heterocycles. The summed E-state index contributed by atoms with van der Waals surface area (Å²) in [4.78, 5) is 0. The smallest absolute Gasteiger partial charge is 0.110 e. The van der Waals surface area contributed by atoms with E-state index in [-0.39, 0.29) is 0 Å². The van der Waals surface area contributed by atoms with Gasteiger partial charge in [-0.15, -0.1) is 0 Å². The van der Waals surface area contributed by atoms with Crippen LogP contribution in [0.15, 0.2) is 48.5 Å². The van der Waals surface area contributed by atoms with Crippen molar-refractivity contribution in [2.24, 2.45) is 0 Å². The van der Waals surface area contributed by atoms with E-state index in [0.29, 0.717) is 0 Å². The molecule has 20 heavy (non-hydrogen) atoms. The highest BCUT2D eigenvalue weighted by atomic mass is 16.3. The van der Waals surface area contributed by atoms with E-state index in [1.54, 1.807) is 0 Å². The lowest BCUT2D eigenvalue weighted by Crippen LogP contribution is -2.02. The average molecular weight is 260 g/mol. The molecular weight excluding hydrogens is 248 g/mol. The summed E-state index contributed by atoms with van der Waals surface area (Å²) in [5, 5.41) is 27.5. The van der Waals surface area contributed by atoms with Gasteiger partial charge in [-0.1, -0.05) is 42.5 Å². The van der Waals surface area contributed by atoms with Crippen LogP contribution in [0.5, 0.6) is 0 Å². The number of rotatable bonds is 0. The minimum absolute atomic E-state index is 0.815. The Labute approximate surface area is 115 Å². The predicted octanol–water partition coefficient (Wildman–Crippen LogP) is 3.66. The molecule has 2 atom stereocenters. The molecular formula is C18H12O2. The lowest BCUT2D eigenvalue weighted by atomic mass is 9.91. The summed E-state index contributed by atoms with van der Waals surface area (Å²) in [6.45, 7) is 0. The number of hydrogen-bond donors (Lipinski definition) is 2. The van der Waals surface area contributed by atoms with E-state index in [0.717, 1.165) is 27.3 Å². The van der Waals surface area contributed by atoms with E-state index in [4.69, 9.17) is 0 Å². The molecule has 1 aliphatic rings. The van der Waals surface area contributed by atoms with E-state index in [9.17, 15) is 10.2 Å². The second kappa shape index (κ2) is 3.29. The van der Waals surface area contributed by atoms with Crippen LogP contribution in [-0.2, 0) is 0 Å². The first kappa shape index (κ1) is 10.6. The highest BCUT2D eigenvalue weighted by molar-refractivity contribution is 6.25. The largest absolute Gasteiger partial charge is 0.385 e. The van der Waals surface area contributed by atoms with Gasteiger partial charge < -0.3 is 10.2 Å². The summed E-state index contributed by atoms with van der Waals surface area (Å²) in [6, 6.07) is 16.5. The van der Waals surface area contributed by atoms with Gasteiger partial charge in [0.1, 0.15) is 12.2 Å². The summed E-state index contributed by atoms with van der Waals surface area (Å²) in [5.74, 6) is 0. The topological polar surface area (TPSA) is 40.5 Å². The maximum Gasteiger partial charge on any atom is 0.110 e. The van der Waals surface area contributed by atoms with Crippen LogP contribution in [-0.4, -0.2) is 10.2 Å². The van der Waals surface area contributed by atoms with Crippen molar-refractivity contribution < 1.29 is 10.2 Å². The number of aliphatic hydroxyl groups excluding tert-OH is 2. The van der Waals surface area contributed by atoms with Crippen molar-refractivity contribution in [3.05, 3.63) is 59.7 Å². The van der Waals surface area contributed by atoms with Crippen molar-refractivity contribution in [1.29, 1.82) is 0 Å². The van der Waals surface area contributed by atoms with Crippen molar-refractivity contribution in [1.82, 2.24) is 0 Å². The minimum Gasteiger partial charge on any atom is -0.385 e. The Morgan fingerprint density at radius 1 is 0.600 bits per heavy atom. The Hall–Kier alpha value is -2.16. The SMILES string of the molecule is OC1c2ccc3ccc4cccc5cc(c2c3c45)C1O. The molecule has 96 valence electrons. The van der Waals surface area contributed by atoms with Gasteiger partial charge in [-0.3, -0.25) is 0 Å². The molecule has 4 aromatic rings. The van der Waals surface area contributed by atoms with Gasteiger partial charge in [-0.2, -0.15) is 0 Å². The Morgan fingerprint density at radius 3 is 2.10 bits per heavy atom. The van der Waals surface area contributed by atoms with Crippen molar-refractivity contribution in [2.45, 2.75) is 12.2 Å². The van der Waals surface area contributed by atoms with Crippen molar-refractivity contribution in [3.63, 3.8) is 0 Å². The molecule has 0 fully saturated rings. The first-order valence-corrected chi connectivity index (χ1v) is 6.82. The molecule has 0 bridgehead atoms. The summed E-state index contributed by atoms with van der Waals surface area (Å²) in [7, 11) is 0. The molecule has 0 spiro atoms. The van der Waals surface area contributed by atoms with E-state index in [1.807, 2.05) is 24.3 Å². The molecule has 0 aliphatic heterocycles. The Bertz CT molecular complexity index is 987. The summed E-state index contributed by atoms with van der Waals surface area (Å²) >= 11 is 0. The molecule has 0 saturated carbocycles. The molecule has 0 aromatic heterocycles. The second-order valence-electron chi connectivity index (χ2n) is 5.63. The van der Waals surface area contributed by atoms with Crippen molar-refractivity contribution in [2.75, 3.05) is 0 Å². The average Bonchev–Trinajstić information content (AvgIpc) is 2.73. The van der Waals surface area contributed by atoms with Crippen LogP contribution in [0.2, 0.25) is 0 Å². The molecule has 5 rings (SSSR count). The molecule has 2 heteroatoms. The maximum atomic E-state index is 10.3. The Balaban J connectivity index is 2.19. The third kappa shape index (κ3) is 1.04. The van der Waals surface area contributed by atoms with E-state index in [2.05, 4.69) is 24.3 Å². The molecule has 4 aromatic carbocycles. The molecule has 1 aliphatic carbocycles. The highest BCUT2D eigenvalue weighted by Gasteiger charge is 2.32. The summed E-state index contributed by atoms with van der Waals surface area (Å²) in [6.07, 6.45) is -1.63. The highest BCUT2D eigenvalue weighted by Crippen LogP contribution is 2.48. The Kier molecular flexibility index (Phi) is 1.74. The van der Waals surface area contributed by atoms with Gasteiger partial charge >= 0.3 is 0 Å². The van der Waals surface area contributed by atoms with Crippen LogP contribution >= 0.6 is 0 Å². The van der Waals surface area contributed by atoms with Gasteiger partial charge in [0.05, 0.1) is 0 Å². The quantitative estimate of drug-likeness (QED) is 0.474. The zero-order chi connectivity index (χ0) is 13.4. The van der Waals surface area contributed by atoms with Crippen LogP contribution in [0.3, 0.4) is 0 Å². The molecule has 2 unspecified atom stereocenters. The normalized spacial score (nSPS) is 21.5. The van der Waals surface area contributed by atoms with E-state index < -0.39 is 12.2 Å². The van der Waals surface area contributed by atoms with Crippen molar-refractivity contribution >= 4 is 32.3 Å². The number of benzene rings is 4. The lowest BCUT2D eigenvalue weighted by molar-refractivity contribution is 0.0254. The maximum absolute atomic E-state index is 10.3. The van der Waals surface area contributed by atoms with Crippen molar-refractivity contribution in [3.8, 4) is 0 Å². The summed E-state index contributed by atoms with van der Waals surface area (Å²) < 4.78 is 0. The first-order chi connectivity index (χ1) is 9.75. The van der Waals surface area contributed by atoms with E-state index in [1.165, 1.54) is 16.2 Å².